The van der Waals surface area contributed by atoms with E-state index in [0.29, 0.717) is 24.5 Å². The predicted molar refractivity (Wildman–Crippen MR) is 57.4 cm³/mol. The quantitative estimate of drug-likeness (QED) is 0.837. The zero-order chi connectivity index (χ0) is 11.5. The smallest absolute Gasteiger partial charge is 0.197 e. The summed E-state index contributed by atoms with van der Waals surface area (Å²) in [6.07, 6.45) is 0.460. The second-order valence-corrected chi connectivity index (χ2v) is 3.97. The highest BCUT2D eigenvalue weighted by atomic mass is 19.1. The van der Waals surface area contributed by atoms with E-state index in [1.165, 1.54) is 0 Å². The van der Waals surface area contributed by atoms with Gasteiger partial charge in [-0.2, -0.15) is 0 Å². The molecule has 1 N–H and O–H groups in total. The standard InChI is InChI=1S/C12H15FO3/c1-8(14)7-9-3-4-10-12(11(9)13)16-6-2-5-15-10/h3-4,8,14H,2,5-7H2,1H3. The molecule has 88 valence electrons. The average Bonchev–Trinajstić information content (AvgIpc) is 2.47. The van der Waals surface area contributed by atoms with Gasteiger partial charge < -0.3 is 14.6 Å². The van der Waals surface area contributed by atoms with Crippen LogP contribution in [0, 0.1) is 5.82 Å². The van der Waals surface area contributed by atoms with Crippen molar-refractivity contribution in [3.05, 3.63) is 23.5 Å². The van der Waals surface area contributed by atoms with Crippen LogP contribution in [-0.4, -0.2) is 24.4 Å². The minimum absolute atomic E-state index is 0.177. The summed E-state index contributed by atoms with van der Waals surface area (Å²) >= 11 is 0. The van der Waals surface area contributed by atoms with Crippen molar-refractivity contribution in [2.45, 2.75) is 25.9 Å². The van der Waals surface area contributed by atoms with Gasteiger partial charge >= 0.3 is 0 Å². The molecule has 1 aromatic rings. The van der Waals surface area contributed by atoms with Crippen LogP contribution in [0.25, 0.3) is 0 Å². The number of aliphatic hydroxyl groups is 1. The lowest BCUT2D eigenvalue weighted by molar-refractivity contribution is 0.193. The molecule has 0 aliphatic carbocycles. The van der Waals surface area contributed by atoms with Gasteiger partial charge in [-0.15, -0.1) is 0 Å². The van der Waals surface area contributed by atoms with E-state index in [1.54, 1.807) is 19.1 Å². The van der Waals surface area contributed by atoms with Gasteiger partial charge in [-0.25, -0.2) is 4.39 Å². The molecule has 4 heteroatoms. The Bertz CT molecular complexity index is 377. The fourth-order valence-corrected chi connectivity index (χ4v) is 1.72. The van der Waals surface area contributed by atoms with Gasteiger partial charge in [-0.05, 0) is 18.6 Å². The zero-order valence-corrected chi connectivity index (χ0v) is 9.20. The Morgan fingerprint density at radius 1 is 1.38 bits per heavy atom. The molecule has 1 unspecified atom stereocenters. The summed E-state index contributed by atoms with van der Waals surface area (Å²) in [7, 11) is 0. The van der Waals surface area contributed by atoms with Gasteiger partial charge in [0.1, 0.15) is 0 Å². The van der Waals surface area contributed by atoms with E-state index in [9.17, 15) is 9.50 Å². The topological polar surface area (TPSA) is 38.7 Å². The number of hydrogen-bond acceptors (Lipinski definition) is 3. The summed E-state index contributed by atoms with van der Waals surface area (Å²) in [4.78, 5) is 0. The lowest BCUT2D eigenvalue weighted by atomic mass is 10.1. The Morgan fingerprint density at radius 3 is 2.88 bits per heavy atom. The first-order chi connectivity index (χ1) is 7.68. The number of hydrogen-bond donors (Lipinski definition) is 1. The Labute approximate surface area is 93.8 Å². The summed E-state index contributed by atoms with van der Waals surface area (Å²) in [5, 5.41) is 9.25. The molecule has 1 atom stereocenters. The van der Waals surface area contributed by atoms with E-state index in [2.05, 4.69) is 0 Å². The van der Waals surface area contributed by atoms with Gasteiger partial charge in [0.15, 0.2) is 17.3 Å². The molecule has 0 radical (unpaired) electrons. The lowest BCUT2D eigenvalue weighted by Gasteiger charge is -2.12. The third-order valence-corrected chi connectivity index (χ3v) is 2.45. The van der Waals surface area contributed by atoms with Gasteiger partial charge in [0.05, 0.1) is 19.3 Å². The first-order valence-corrected chi connectivity index (χ1v) is 5.43. The van der Waals surface area contributed by atoms with Gasteiger partial charge in [0.2, 0.25) is 0 Å². The van der Waals surface area contributed by atoms with Crippen molar-refractivity contribution in [2.24, 2.45) is 0 Å². The highest BCUT2D eigenvalue weighted by Gasteiger charge is 2.18. The molecule has 0 saturated carbocycles. The van der Waals surface area contributed by atoms with Crippen LogP contribution in [0.2, 0.25) is 0 Å². The summed E-state index contributed by atoms with van der Waals surface area (Å²) in [6, 6.07) is 3.33. The molecule has 0 spiro atoms. The van der Waals surface area contributed by atoms with Gasteiger partial charge in [0, 0.05) is 12.8 Å². The van der Waals surface area contributed by atoms with Crippen molar-refractivity contribution >= 4 is 0 Å². The fraction of sp³-hybridized carbons (Fsp3) is 0.500. The molecule has 0 saturated heterocycles. The highest BCUT2D eigenvalue weighted by Crippen LogP contribution is 2.34. The Morgan fingerprint density at radius 2 is 2.12 bits per heavy atom. The molecule has 0 aromatic heterocycles. The van der Waals surface area contributed by atoms with E-state index >= 15 is 0 Å². The fourth-order valence-electron chi connectivity index (χ4n) is 1.72. The monoisotopic (exact) mass is 226 g/mol. The molecule has 3 nitrogen and oxygen atoms in total. The van der Waals surface area contributed by atoms with Crippen molar-refractivity contribution in [2.75, 3.05) is 13.2 Å². The molecule has 16 heavy (non-hydrogen) atoms. The maximum absolute atomic E-state index is 14.0. The molecule has 1 aromatic carbocycles. The largest absolute Gasteiger partial charge is 0.489 e. The van der Waals surface area contributed by atoms with E-state index in [1.807, 2.05) is 0 Å². The van der Waals surface area contributed by atoms with E-state index in [-0.39, 0.29) is 12.2 Å². The first-order valence-electron chi connectivity index (χ1n) is 5.43. The normalized spacial score (nSPS) is 16.7. The summed E-state index contributed by atoms with van der Waals surface area (Å²) < 4.78 is 24.7. The SMILES string of the molecule is CC(O)Cc1ccc2c(c1F)OCCCO2. The van der Waals surface area contributed by atoms with Crippen molar-refractivity contribution in [1.82, 2.24) is 0 Å². The van der Waals surface area contributed by atoms with Crippen LogP contribution in [0.1, 0.15) is 18.9 Å². The number of aliphatic hydroxyl groups excluding tert-OH is 1. The number of halogens is 1. The Kier molecular flexibility index (Phi) is 3.29. The van der Waals surface area contributed by atoms with Crippen LogP contribution in [-0.2, 0) is 6.42 Å². The second-order valence-electron chi connectivity index (χ2n) is 3.97. The van der Waals surface area contributed by atoms with E-state index in [4.69, 9.17) is 9.47 Å². The highest BCUT2D eigenvalue weighted by molar-refractivity contribution is 5.45. The van der Waals surface area contributed by atoms with Crippen LogP contribution in [0.4, 0.5) is 4.39 Å². The maximum atomic E-state index is 14.0. The zero-order valence-electron chi connectivity index (χ0n) is 9.20. The van der Waals surface area contributed by atoms with Crippen LogP contribution in [0.3, 0.4) is 0 Å². The average molecular weight is 226 g/mol. The van der Waals surface area contributed by atoms with Crippen LogP contribution < -0.4 is 9.47 Å². The van der Waals surface area contributed by atoms with Crippen molar-refractivity contribution < 1.29 is 19.0 Å². The minimum atomic E-state index is -0.570. The third kappa shape index (κ3) is 2.27. The molecule has 2 rings (SSSR count). The summed E-state index contributed by atoms with van der Waals surface area (Å²) in [6.45, 7) is 2.63. The molecule has 0 amide bonds. The molecule has 0 fully saturated rings. The van der Waals surface area contributed by atoms with Crippen LogP contribution >= 0.6 is 0 Å². The maximum Gasteiger partial charge on any atom is 0.197 e. The Hall–Kier alpha value is -1.29. The predicted octanol–water partition coefficient (Wildman–Crippen LogP) is 1.91. The number of ether oxygens (including phenoxy) is 2. The molecule has 1 aliphatic rings. The number of fused-ring (bicyclic) bond motifs is 1. The number of rotatable bonds is 2. The molecular weight excluding hydrogens is 211 g/mol. The van der Waals surface area contributed by atoms with Crippen molar-refractivity contribution in [3.8, 4) is 11.5 Å². The summed E-state index contributed by atoms with van der Waals surface area (Å²) in [5.74, 6) is 0.209. The van der Waals surface area contributed by atoms with E-state index in [0.717, 1.165) is 6.42 Å². The molecule has 1 aliphatic heterocycles. The lowest BCUT2D eigenvalue weighted by Crippen LogP contribution is -2.07. The molecule has 1 heterocycles. The molecular formula is C12H15FO3. The third-order valence-electron chi connectivity index (χ3n) is 2.45. The van der Waals surface area contributed by atoms with Gasteiger partial charge in [-0.1, -0.05) is 6.07 Å². The minimum Gasteiger partial charge on any atom is -0.489 e. The van der Waals surface area contributed by atoms with Crippen LogP contribution in [0.5, 0.6) is 11.5 Å². The van der Waals surface area contributed by atoms with Crippen molar-refractivity contribution in [3.63, 3.8) is 0 Å². The van der Waals surface area contributed by atoms with E-state index < -0.39 is 11.9 Å². The van der Waals surface area contributed by atoms with Crippen molar-refractivity contribution in [1.29, 1.82) is 0 Å². The second kappa shape index (κ2) is 4.70. The Balaban J connectivity index is 2.33. The van der Waals surface area contributed by atoms with Gasteiger partial charge in [0.25, 0.3) is 0 Å². The van der Waals surface area contributed by atoms with Gasteiger partial charge in [-0.3, -0.25) is 0 Å². The molecule has 0 bridgehead atoms. The first kappa shape index (κ1) is 11.2. The summed E-state index contributed by atoms with van der Waals surface area (Å²) in [5.41, 5.74) is 0.458. The van der Waals surface area contributed by atoms with Crippen LogP contribution in [0.15, 0.2) is 12.1 Å². The number of benzene rings is 1.